The number of hydrogen-bond acceptors (Lipinski definition) is 4. The quantitative estimate of drug-likeness (QED) is 0.248. The number of halogens is 1. The molecule has 1 aromatic carbocycles. The van der Waals surface area contributed by atoms with E-state index in [4.69, 9.17) is 14.5 Å². The molecule has 6 nitrogen and oxygen atoms in total. The first-order valence-corrected chi connectivity index (χ1v) is 9.25. The van der Waals surface area contributed by atoms with Gasteiger partial charge in [0.1, 0.15) is 6.61 Å². The van der Waals surface area contributed by atoms with E-state index in [9.17, 15) is 0 Å². The summed E-state index contributed by atoms with van der Waals surface area (Å²) in [5, 5.41) is 3.36. The fraction of sp³-hybridized carbons (Fsp3) is 0.429. The predicted octanol–water partition coefficient (Wildman–Crippen LogP) is 3.63. The van der Waals surface area contributed by atoms with Crippen LogP contribution in [0.25, 0.3) is 0 Å². The second-order valence-corrected chi connectivity index (χ2v) is 6.26. The van der Waals surface area contributed by atoms with Crippen molar-refractivity contribution in [1.82, 2.24) is 15.2 Å². The Balaban J connectivity index is 0.00000392. The van der Waals surface area contributed by atoms with E-state index in [0.717, 1.165) is 24.6 Å². The maximum atomic E-state index is 5.70. The lowest BCUT2D eigenvalue weighted by atomic mass is 10.1. The number of nitrogens with zero attached hydrogens (tertiary/aromatic N) is 3. The predicted molar refractivity (Wildman–Crippen MR) is 124 cm³/mol. The molecule has 0 amide bonds. The van der Waals surface area contributed by atoms with Crippen molar-refractivity contribution in [1.29, 1.82) is 0 Å². The van der Waals surface area contributed by atoms with Gasteiger partial charge in [-0.1, -0.05) is 30.3 Å². The van der Waals surface area contributed by atoms with Gasteiger partial charge < -0.3 is 19.7 Å². The van der Waals surface area contributed by atoms with Crippen LogP contribution in [0.3, 0.4) is 0 Å². The fourth-order valence-electron chi connectivity index (χ4n) is 2.64. The van der Waals surface area contributed by atoms with Gasteiger partial charge in [0.15, 0.2) is 5.96 Å². The lowest BCUT2D eigenvalue weighted by Gasteiger charge is -2.23. The summed E-state index contributed by atoms with van der Waals surface area (Å²) < 4.78 is 10.7. The van der Waals surface area contributed by atoms with Gasteiger partial charge in [-0.2, -0.15) is 0 Å². The summed E-state index contributed by atoms with van der Waals surface area (Å²) in [6, 6.07) is 12.3. The van der Waals surface area contributed by atoms with Crippen LogP contribution in [0.15, 0.2) is 47.6 Å². The highest BCUT2D eigenvalue weighted by molar-refractivity contribution is 14.0. The molecule has 0 spiro atoms. The molecule has 2 aromatic rings. The molecular weight excluding hydrogens is 467 g/mol. The zero-order valence-corrected chi connectivity index (χ0v) is 19.5. The maximum Gasteiger partial charge on any atom is 0.218 e. The summed E-state index contributed by atoms with van der Waals surface area (Å²) in [6.07, 6.45) is 1.73. The number of aromatic nitrogens is 1. The molecule has 1 aromatic heterocycles. The number of pyridine rings is 1. The van der Waals surface area contributed by atoms with Gasteiger partial charge >= 0.3 is 0 Å². The van der Waals surface area contributed by atoms with E-state index in [1.165, 1.54) is 11.1 Å². The van der Waals surface area contributed by atoms with E-state index in [1.54, 1.807) is 13.3 Å². The summed E-state index contributed by atoms with van der Waals surface area (Å²) in [7, 11) is 3.70. The number of nitrogens with one attached hydrogen (secondary N) is 1. The Morgan fingerprint density at radius 3 is 2.61 bits per heavy atom. The normalized spacial score (nSPS) is 10.9. The lowest BCUT2D eigenvalue weighted by molar-refractivity contribution is 0.143. The lowest BCUT2D eigenvalue weighted by Crippen LogP contribution is -2.38. The minimum absolute atomic E-state index is 0. The van der Waals surface area contributed by atoms with Crippen LogP contribution in [0, 0.1) is 6.92 Å². The summed E-state index contributed by atoms with van der Waals surface area (Å²) in [5.41, 5.74) is 3.52. The molecule has 0 aliphatic carbocycles. The van der Waals surface area contributed by atoms with E-state index in [2.05, 4.69) is 53.3 Å². The molecule has 0 atom stereocenters. The highest BCUT2D eigenvalue weighted by Crippen LogP contribution is 2.16. The van der Waals surface area contributed by atoms with E-state index in [1.807, 2.05) is 19.2 Å². The van der Waals surface area contributed by atoms with Gasteiger partial charge in [0.05, 0.1) is 13.2 Å². The first-order valence-electron chi connectivity index (χ1n) is 9.25. The van der Waals surface area contributed by atoms with Gasteiger partial charge in [-0.25, -0.2) is 9.98 Å². The first kappa shape index (κ1) is 24.2. The molecule has 28 heavy (non-hydrogen) atoms. The van der Waals surface area contributed by atoms with E-state index in [-0.39, 0.29) is 24.0 Å². The summed E-state index contributed by atoms with van der Waals surface area (Å²) in [5.74, 6) is 1.46. The Bertz CT molecular complexity index is 740. The molecule has 0 saturated heterocycles. The highest BCUT2D eigenvalue weighted by atomic mass is 127. The van der Waals surface area contributed by atoms with Crippen molar-refractivity contribution in [2.45, 2.75) is 26.9 Å². The minimum atomic E-state index is 0. The monoisotopic (exact) mass is 498 g/mol. The third-order valence-electron chi connectivity index (χ3n) is 4.14. The SMILES string of the molecule is CCNC(=NCc1cccnc1OCCOC)N(C)Cc1ccccc1C.I. The zero-order chi connectivity index (χ0) is 19.5. The number of methoxy groups -OCH3 is 1. The number of guanidine groups is 1. The third-order valence-corrected chi connectivity index (χ3v) is 4.14. The Kier molecular flexibility index (Phi) is 11.5. The summed E-state index contributed by atoms with van der Waals surface area (Å²) in [6.45, 7) is 7.30. The van der Waals surface area contributed by atoms with Crippen LogP contribution < -0.4 is 10.1 Å². The number of aryl methyl sites for hydroxylation is 1. The van der Waals surface area contributed by atoms with Gasteiger partial charge in [-0.3, -0.25) is 0 Å². The largest absolute Gasteiger partial charge is 0.475 e. The number of hydrogen-bond donors (Lipinski definition) is 1. The fourth-order valence-corrected chi connectivity index (χ4v) is 2.64. The molecule has 1 N–H and O–H groups in total. The molecule has 154 valence electrons. The van der Waals surface area contributed by atoms with E-state index in [0.29, 0.717) is 25.6 Å². The van der Waals surface area contributed by atoms with Gasteiger partial charge in [-0.05, 0) is 31.0 Å². The Morgan fingerprint density at radius 2 is 1.89 bits per heavy atom. The molecule has 0 saturated carbocycles. The molecule has 2 rings (SSSR count). The number of aliphatic imine (C=N–C) groups is 1. The third kappa shape index (κ3) is 7.63. The van der Waals surface area contributed by atoms with Crippen molar-refractivity contribution < 1.29 is 9.47 Å². The molecule has 0 unspecified atom stereocenters. The zero-order valence-electron chi connectivity index (χ0n) is 17.1. The van der Waals surface area contributed by atoms with Gasteiger partial charge in [0.25, 0.3) is 0 Å². The van der Waals surface area contributed by atoms with Crippen LogP contribution >= 0.6 is 24.0 Å². The molecule has 0 aliphatic rings. The second kappa shape index (κ2) is 13.3. The average Bonchev–Trinajstić information content (AvgIpc) is 2.68. The van der Waals surface area contributed by atoms with Gasteiger partial charge in [0.2, 0.25) is 5.88 Å². The van der Waals surface area contributed by atoms with Crippen molar-refractivity contribution in [2.24, 2.45) is 4.99 Å². The molecule has 0 aliphatic heterocycles. The molecule has 1 heterocycles. The van der Waals surface area contributed by atoms with Crippen LogP contribution in [0.5, 0.6) is 5.88 Å². The number of benzene rings is 1. The molecule has 7 heteroatoms. The highest BCUT2D eigenvalue weighted by Gasteiger charge is 2.10. The summed E-state index contributed by atoms with van der Waals surface area (Å²) >= 11 is 0. The summed E-state index contributed by atoms with van der Waals surface area (Å²) in [4.78, 5) is 11.2. The average molecular weight is 498 g/mol. The Labute approximate surface area is 185 Å². The van der Waals surface area contributed by atoms with Crippen LogP contribution in [0.1, 0.15) is 23.6 Å². The van der Waals surface area contributed by atoms with Crippen LogP contribution in [0.2, 0.25) is 0 Å². The van der Waals surface area contributed by atoms with Crippen LogP contribution in [-0.4, -0.2) is 49.8 Å². The van der Waals surface area contributed by atoms with Crippen molar-refractivity contribution in [2.75, 3.05) is 33.9 Å². The Morgan fingerprint density at radius 1 is 1.14 bits per heavy atom. The van der Waals surface area contributed by atoms with Crippen molar-refractivity contribution in [3.63, 3.8) is 0 Å². The number of rotatable bonds is 9. The standard InChI is InChI=1S/C21H30N4O2.HI/c1-5-22-21(25(3)16-19-10-7-6-9-17(19)2)24-15-18-11-8-12-23-20(18)27-14-13-26-4;/h6-12H,5,13-16H2,1-4H3,(H,22,24);1H. The van der Waals surface area contributed by atoms with Crippen LogP contribution in [-0.2, 0) is 17.8 Å². The topological polar surface area (TPSA) is 59.0 Å². The molecular formula is C21H31IN4O2. The minimum Gasteiger partial charge on any atom is -0.475 e. The molecule has 0 bridgehead atoms. The smallest absolute Gasteiger partial charge is 0.218 e. The Hall–Kier alpha value is -1.87. The van der Waals surface area contributed by atoms with Gasteiger partial charge in [0, 0.05) is 39.0 Å². The van der Waals surface area contributed by atoms with Crippen molar-refractivity contribution >= 4 is 29.9 Å². The van der Waals surface area contributed by atoms with Crippen molar-refractivity contribution in [3.8, 4) is 5.88 Å². The van der Waals surface area contributed by atoms with Crippen molar-refractivity contribution in [3.05, 3.63) is 59.3 Å². The number of ether oxygens (including phenoxy) is 2. The van der Waals surface area contributed by atoms with E-state index < -0.39 is 0 Å². The molecule has 0 radical (unpaired) electrons. The maximum absolute atomic E-state index is 5.70. The van der Waals surface area contributed by atoms with Gasteiger partial charge in [-0.15, -0.1) is 24.0 Å². The first-order chi connectivity index (χ1) is 13.2. The second-order valence-electron chi connectivity index (χ2n) is 6.26. The van der Waals surface area contributed by atoms with Crippen LogP contribution in [0.4, 0.5) is 0 Å². The van der Waals surface area contributed by atoms with E-state index >= 15 is 0 Å². The molecule has 0 fully saturated rings.